The van der Waals surface area contributed by atoms with E-state index in [1.165, 1.54) is 0 Å². The molecule has 1 unspecified atom stereocenters. The molecule has 2 heterocycles. The highest BCUT2D eigenvalue weighted by Gasteiger charge is 2.19. The quantitative estimate of drug-likeness (QED) is 0.764. The average molecular weight is 382 g/mol. The van der Waals surface area contributed by atoms with Gasteiger partial charge in [-0.1, -0.05) is 12.1 Å². The largest absolute Gasteiger partial charge is 0.377 e. The van der Waals surface area contributed by atoms with Crippen LogP contribution in [0, 0.1) is 0 Å². The summed E-state index contributed by atoms with van der Waals surface area (Å²) in [6.45, 7) is 0.839. The van der Waals surface area contributed by atoms with Gasteiger partial charge in [0, 0.05) is 35.1 Å². The Labute approximate surface area is 162 Å². The van der Waals surface area contributed by atoms with E-state index >= 15 is 0 Å². The minimum absolute atomic E-state index is 0.0384. The Balaban J connectivity index is 1.46. The molecule has 0 aromatic heterocycles. The number of thioether (sulfide) groups is 1. The zero-order chi connectivity index (χ0) is 18.6. The van der Waals surface area contributed by atoms with Gasteiger partial charge in [0.15, 0.2) is 0 Å². The maximum Gasteiger partial charge on any atom is 0.256 e. The molecule has 140 valence electrons. The second kappa shape index (κ2) is 8.15. The predicted molar refractivity (Wildman–Crippen MR) is 107 cm³/mol. The van der Waals surface area contributed by atoms with Gasteiger partial charge in [-0.2, -0.15) is 0 Å². The number of benzene rings is 2. The zero-order valence-corrected chi connectivity index (χ0v) is 15.8. The summed E-state index contributed by atoms with van der Waals surface area (Å²) in [4.78, 5) is 25.3. The summed E-state index contributed by atoms with van der Waals surface area (Å²) >= 11 is 1.67. The number of hydrogen-bond donors (Lipinski definition) is 2. The number of anilines is 2. The van der Waals surface area contributed by atoms with Crippen LogP contribution < -0.4 is 10.6 Å². The van der Waals surface area contributed by atoms with E-state index in [0.717, 1.165) is 47.0 Å². The monoisotopic (exact) mass is 382 g/mol. The van der Waals surface area contributed by atoms with E-state index in [1.807, 2.05) is 42.5 Å². The first-order valence-corrected chi connectivity index (χ1v) is 10.3. The molecule has 1 fully saturated rings. The van der Waals surface area contributed by atoms with Gasteiger partial charge in [0.05, 0.1) is 11.7 Å². The lowest BCUT2D eigenvalue weighted by Crippen LogP contribution is -2.19. The Bertz CT molecular complexity index is 862. The Hall–Kier alpha value is -2.31. The van der Waals surface area contributed by atoms with Crippen molar-refractivity contribution in [1.29, 1.82) is 0 Å². The summed E-state index contributed by atoms with van der Waals surface area (Å²) in [7, 11) is 0. The van der Waals surface area contributed by atoms with E-state index in [1.54, 1.807) is 11.8 Å². The van der Waals surface area contributed by atoms with E-state index in [4.69, 9.17) is 4.74 Å². The highest BCUT2D eigenvalue weighted by molar-refractivity contribution is 7.99. The van der Waals surface area contributed by atoms with Crippen molar-refractivity contribution in [2.24, 2.45) is 0 Å². The molecule has 6 heteroatoms. The normalized spacial score (nSPS) is 18.7. The molecule has 2 aromatic carbocycles. The molecule has 2 aliphatic heterocycles. The Morgan fingerprint density at radius 1 is 1.22 bits per heavy atom. The van der Waals surface area contributed by atoms with E-state index in [9.17, 15) is 9.59 Å². The molecule has 1 atom stereocenters. The predicted octanol–water partition coefficient (Wildman–Crippen LogP) is 4.09. The van der Waals surface area contributed by atoms with Crippen LogP contribution in [0.25, 0.3) is 0 Å². The topological polar surface area (TPSA) is 67.4 Å². The smallest absolute Gasteiger partial charge is 0.256 e. The fourth-order valence-corrected chi connectivity index (χ4v) is 4.52. The molecule has 2 N–H and O–H groups in total. The minimum atomic E-state index is -0.120. The summed E-state index contributed by atoms with van der Waals surface area (Å²) in [5, 5.41) is 5.85. The average Bonchev–Trinajstić information content (AvgIpc) is 3.20. The number of carbonyl (C=O) groups is 2. The van der Waals surface area contributed by atoms with Crippen LogP contribution >= 0.6 is 11.8 Å². The van der Waals surface area contributed by atoms with Crippen LogP contribution in [0.4, 0.5) is 11.4 Å². The van der Waals surface area contributed by atoms with Crippen molar-refractivity contribution in [2.45, 2.75) is 36.7 Å². The third-order valence-corrected chi connectivity index (χ3v) is 6.04. The summed E-state index contributed by atoms with van der Waals surface area (Å²) in [5.41, 5.74) is 3.30. The summed E-state index contributed by atoms with van der Waals surface area (Å²) in [6, 6.07) is 13.3. The van der Waals surface area contributed by atoms with Crippen LogP contribution in [0.2, 0.25) is 0 Å². The maximum atomic E-state index is 12.8. The zero-order valence-electron chi connectivity index (χ0n) is 15.0. The lowest BCUT2D eigenvalue weighted by molar-refractivity contribution is -0.116. The Morgan fingerprint density at radius 2 is 2.11 bits per heavy atom. The number of carbonyl (C=O) groups excluding carboxylic acids is 2. The SMILES string of the molecule is O=C1CCc2cc(NC(=O)c3ccccc3SCC3CCCO3)ccc2N1. The van der Waals surface area contributed by atoms with Crippen LogP contribution in [0.3, 0.4) is 0 Å². The van der Waals surface area contributed by atoms with Gasteiger partial charge in [-0.05, 0) is 55.2 Å². The standard InChI is InChI=1S/C21H22N2O3S/c24-20-10-7-14-12-15(8-9-18(14)23-20)22-21(25)17-5-1-2-6-19(17)27-13-16-4-3-11-26-16/h1-2,5-6,8-9,12,16H,3-4,7,10-11,13H2,(H,22,25)(H,23,24). The van der Waals surface area contributed by atoms with Crippen molar-refractivity contribution in [2.75, 3.05) is 23.0 Å². The van der Waals surface area contributed by atoms with Crippen molar-refractivity contribution < 1.29 is 14.3 Å². The number of aryl methyl sites for hydroxylation is 1. The van der Waals surface area contributed by atoms with E-state index in [2.05, 4.69) is 10.6 Å². The molecular formula is C21H22N2O3S. The van der Waals surface area contributed by atoms with E-state index in [0.29, 0.717) is 18.4 Å². The first-order chi connectivity index (χ1) is 13.2. The van der Waals surface area contributed by atoms with Crippen LogP contribution in [0.1, 0.15) is 35.2 Å². The third-order valence-electron chi connectivity index (χ3n) is 4.84. The van der Waals surface area contributed by atoms with Crippen molar-refractivity contribution >= 4 is 35.0 Å². The van der Waals surface area contributed by atoms with Crippen LogP contribution in [-0.4, -0.2) is 30.3 Å². The van der Waals surface area contributed by atoms with Gasteiger partial charge in [0.1, 0.15) is 0 Å². The minimum Gasteiger partial charge on any atom is -0.377 e. The Morgan fingerprint density at radius 3 is 2.96 bits per heavy atom. The maximum absolute atomic E-state index is 12.8. The Kier molecular flexibility index (Phi) is 5.45. The molecule has 5 nitrogen and oxygen atoms in total. The molecule has 0 spiro atoms. The highest BCUT2D eigenvalue weighted by atomic mass is 32.2. The van der Waals surface area contributed by atoms with E-state index in [-0.39, 0.29) is 17.9 Å². The van der Waals surface area contributed by atoms with Gasteiger partial charge in [0.2, 0.25) is 5.91 Å². The highest BCUT2D eigenvalue weighted by Crippen LogP contribution is 2.29. The van der Waals surface area contributed by atoms with Crippen molar-refractivity contribution in [3.05, 3.63) is 53.6 Å². The van der Waals surface area contributed by atoms with Crippen molar-refractivity contribution in [3.8, 4) is 0 Å². The van der Waals surface area contributed by atoms with Gasteiger partial charge in [-0.3, -0.25) is 9.59 Å². The van der Waals surface area contributed by atoms with Gasteiger partial charge >= 0.3 is 0 Å². The number of nitrogens with one attached hydrogen (secondary N) is 2. The van der Waals surface area contributed by atoms with Crippen LogP contribution in [0.15, 0.2) is 47.4 Å². The van der Waals surface area contributed by atoms with Gasteiger partial charge in [-0.15, -0.1) is 11.8 Å². The molecule has 1 saturated heterocycles. The number of hydrogen-bond acceptors (Lipinski definition) is 4. The van der Waals surface area contributed by atoms with Crippen molar-refractivity contribution in [3.63, 3.8) is 0 Å². The number of ether oxygens (including phenoxy) is 1. The molecule has 27 heavy (non-hydrogen) atoms. The molecule has 2 aliphatic rings. The summed E-state index contributed by atoms with van der Waals surface area (Å²) in [6.07, 6.45) is 3.66. The second-order valence-corrected chi connectivity index (χ2v) is 7.88. The van der Waals surface area contributed by atoms with Gasteiger partial charge < -0.3 is 15.4 Å². The summed E-state index contributed by atoms with van der Waals surface area (Å²) in [5.74, 6) is 0.782. The van der Waals surface area contributed by atoms with Crippen molar-refractivity contribution in [1.82, 2.24) is 0 Å². The molecule has 0 aliphatic carbocycles. The first kappa shape index (κ1) is 18.1. The molecule has 2 amide bonds. The third kappa shape index (κ3) is 4.34. The summed E-state index contributed by atoms with van der Waals surface area (Å²) < 4.78 is 5.68. The molecule has 2 aromatic rings. The molecule has 4 rings (SSSR count). The number of rotatable bonds is 5. The molecule has 0 bridgehead atoms. The molecule has 0 saturated carbocycles. The van der Waals surface area contributed by atoms with Gasteiger partial charge in [-0.25, -0.2) is 0 Å². The second-order valence-electron chi connectivity index (χ2n) is 6.82. The lowest BCUT2D eigenvalue weighted by atomic mass is 10.0. The van der Waals surface area contributed by atoms with Gasteiger partial charge in [0.25, 0.3) is 5.91 Å². The van der Waals surface area contributed by atoms with E-state index < -0.39 is 0 Å². The molecule has 0 radical (unpaired) electrons. The van der Waals surface area contributed by atoms with Crippen LogP contribution in [0.5, 0.6) is 0 Å². The number of fused-ring (bicyclic) bond motifs is 1. The van der Waals surface area contributed by atoms with Crippen LogP contribution in [-0.2, 0) is 16.0 Å². The first-order valence-electron chi connectivity index (χ1n) is 9.26. The fraction of sp³-hybridized carbons (Fsp3) is 0.333. The molecular weight excluding hydrogens is 360 g/mol. The number of amides is 2. The fourth-order valence-electron chi connectivity index (χ4n) is 3.40. The lowest BCUT2D eigenvalue weighted by Gasteiger charge is -2.18.